The van der Waals surface area contributed by atoms with Gasteiger partial charge in [-0.2, -0.15) is 5.26 Å². The van der Waals surface area contributed by atoms with Gasteiger partial charge in [-0.05, 0) is 0 Å². The largest absolute Gasteiger partial charge is 0.245 e. The first kappa shape index (κ1) is 5.92. The molecule has 2 aliphatic rings. The minimum absolute atomic E-state index is 0.398. The highest BCUT2D eigenvalue weighted by atomic mass is 15.1. The summed E-state index contributed by atoms with van der Waals surface area (Å²) in [6, 6.07) is 1.99. The summed E-state index contributed by atoms with van der Waals surface area (Å²) in [4.78, 5) is 15.2. The SMILES string of the molecule is N#CC12C=NC=NC1=NC=N2. The van der Waals surface area contributed by atoms with Gasteiger partial charge in [0, 0.05) is 0 Å². The molecular formula is C6H3N5. The average Bonchev–Trinajstić information content (AvgIpc) is 2.48. The van der Waals surface area contributed by atoms with E-state index >= 15 is 0 Å². The first-order chi connectivity index (χ1) is 5.37. The van der Waals surface area contributed by atoms with Crippen molar-refractivity contribution < 1.29 is 0 Å². The van der Waals surface area contributed by atoms with Gasteiger partial charge < -0.3 is 0 Å². The Bertz CT molecular complexity index is 342. The minimum Gasteiger partial charge on any atom is -0.245 e. The van der Waals surface area contributed by atoms with Crippen molar-refractivity contribution in [1.82, 2.24) is 0 Å². The van der Waals surface area contributed by atoms with Crippen molar-refractivity contribution in [2.24, 2.45) is 20.0 Å². The van der Waals surface area contributed by atoms with E-state index in [2.05, 4.69) is 20.0 Å². The summed E-state index contributed by atoms with van der Waals surface area (Å²) in [7, 11) is 0. The molecule has 0 aromatic rings. The third kappa shape index (κ3) is 0.633. The van der Waals surface area contributed by atoms with Crippen molar-refractivity contribution >= 4 is 24.7 Å². The summed E-state index contributed by atoms with van der Waals surface area (Å²) in [5.41, 5.74) is -1.03. The van der Waals surface area contributed by atoms with Gasteiger partial charge in [0.1, 0.15) is 18.7 Å². The molecule has 0 aromatic heterocycles. The Morgan fingerprint density at radius 1 is 1.45 bits per heavy atom. The Hall–Kier alpha value is -1.83. The number of fused-ring (bicyclic) bond motifs is 1. The third-order valence-electron chi connectivity index (χ3n) is 1.46. The van der Waals surface area contributed by atoms with Crippen LogP contribution in [0.3, 0.4) is 0 Å². The van der Waals surface area contributed by atoms with Gasteiger partial charge in [0.15, 0.2) is 5.84 Å². The molecular weight excluding hydrogens is 142 g/mol. The molecule has 52 valence electrons. The molecule has 0 bridgehead atoms. The Labute approximate surface area is 62.5 Å². The van der Waals surface area contributed by atoms with E-state index in [0.29, 0.717) is 5.84 Å². The maximum absolute atomic E-state index is 8.74. The summed E-state index contributed by atoms with van der Waals surface area (Å²) in [5.74, 6) is 0.398. The molecule has 5 heteroatoms. The van der Waals surface area contributed by atoms with Crippen LogP contribution in [0.2, 0.25) is 0 Å². The highest BCUT2D eigenvalue weighted by Crippen LogP contribution is 2.17. The Balaban J connectivity index is 2.56. The fraction of sp³-hybridized carbons (Fsp3) is 0.167. The van der Waals surface area contributed by atoms with Crippen LogP contribution in [0.25, 0.3) is 0 Å². The Morgan fingerprint density at radius 3 is 3.09 bits per heavy atom. The highest BCUT2D eigenvalue weighted by molar-refractivity contribution is 6.20. The molecule has 0 radical (unpaired) electrons. The van der Waals surface area contributed by atoms with E-state index in [1.165, 1.54) is 18.9 Å². The predicted octanol–water partition coefficient (Wildman–Crippen LogP) is -0.198. The van der Waals surface area contributed by atoms with E-state index in [-0.39, 0.29) is 0 Å². The van der Waals surface area contributed by atoms with Crippen LogP contribution in [-0.2, 0) is 0 Å². The van der Waals surface area contributed by atoms with Crippen LogP contribution in [-0.4, -0.2) is 30.3 Å². The van der Waals surface area contributed by atoms with Gasteiger partial charge >= 0.3 is 0 Å². The van der Waals surface area contributed by atoms with Crippen LogP contribution >= 0.6 is 0 Å². The first-order valence-electron chi connectivity index (χ1n) is 2.97. The van der Waals surface area contributed by atoms with Crippen LogP contribution in [0.4, 0.5) is 0 Å². The molecule has 5 nitrogen and oxygen atoms in total. The fourth-order valence-corrected chi connectivity index (χ4v) is 0.891. The van der Waals surface area contributed by atoms with E-state index in [1.54, 1.807) is 0 Å². The van der Waals surface area contributed by atoms with Crippen LogP contribution < -0.4 is 0 Å². The molecule has 0 amide bonds. The molecule has 0 fully saturated rings. The van der Waals surface area contributed by atoms with Crippen LogP contribution in [0.1, 0.15) is 0 Å². The average molecular weight is 145 g/mol. The number of nitrogens with zero attached hydrogens (tertiary/aromatic N) is 5. The molecule has 0 spiro atoms. The van der Waals surface area contributed by atoms with Gasteiger partial charge in [-0.1, -0.05) is 0 Å². The molecule has 1 unspecified atom stereocenters. The molecule has 0 saturated carbocycles. The second kappa shape index (κ2) is 1.83. The van der Waals surface area contributed by atoms with Crippen molar-refractivity contribution in [2.45, 2.75) is 5.54 Å². The summed E-state index contributed by atoms with van der Waals surface area (Å²) in [6.07, 6.45) is 4.11. The predicted molar refractivity (Wildman–Crippen MR) is 41.3 cm³/mol. The maximum Gasteiger partial charge on any atom is 0.242 e. The first-order valence-corrected chi connectivity index (χ1v) is 2.97. The van der Waals surface area contributed by atoms with Crippen LogP contribution in [0.5, 0.6) is 0 Å². The van der Waals surface area contributed by atoms with Crippen LogP contribution in [0.15, 0.2) is 20.0 Å². The Kier molecular flexibility index (Phi) is 0.982. The van der Waals surface area contributed by atoms with Crippen molar-refractivity contribution in [3.05, 3.63) is 0 Å². The molecule has 0 aromatic carbocycles. The number of nitriles is 1. The Morgan fingerprint density at radius 2 is 2.36 bits per heavy atom. The number of aliphatic imine (C=N–C) groups is 4. The highest BCUT2D eigenvalue weighted by Gasteiger charge is 2.37. The van der Waals surface area contributed by atoms with E-state index < -0.39 is 5.54 Å². The molecule has 11 heavy (non-hydrogen) atoms. The summed E-state index contributed by atoms with van der Waals surface area (Å²) >= 11 is 0. The lowest BCUT2D eigenvalue weighted by Gasteiger charge is -2.12. The fourth-order valence-electron chi connectivity index (χ4n) is 0.891. The van der Waals surface area contributed by atoms with Gasteiger partial charge in [-0.15, -0.1) is 0 Å². The summed E-state index contributed by atoms with van der Waals surface area (Å²) < 4.78 is 0. The molecule has 0 N–H and O–H groups in total. The van der Waals surface area contributed by atoms with E-state index in [0.717, 1.165) is 0 Å². The molecule has 2 aliphatic heterocycles. The number of hydrogen-bond acceptors (Lipinski definition) is 5. The van der Waals surface area contributed by atoms with Gasteiger partial charge in [-0.25, -0.2) is 20.0 Å². The second-order valence-corrected chi connectivity index (χ2v) is 2.10. The zero-order chi connectivity index (χ0) is 7.73. The standard InChI is InChI=1S/C6H3N5/c7-1-6-2-8-3-9-5(6)10-4-11-6/h2-4H. The van der Waals surface area contributed by atoms with Crippen molar-refractivity contribution in [1.29, 1.82) is 5.26 Å². The van der Waals surface area contributed by atoms with Gasteiger partial charge in [0.05, 0.1) is 6.21 Å². The van der Waals surface area contributed by atoms with Gasteiger partial charge in [-0.3, -0.25) is 0 Å². The lowest BCUT2D eigenvalue weighted by atomic mass is 10.0. The zero-order valence-electron chi connectivity index (χ0n) is 5.47. The van der Waals surface area contributed by atoms with Crippen molar-refractivity contribution in [3.63, 3.8) is 0 Å². The van der Waals surface area contributed by atoms with Gasteiger partial charge in [0.25, 0.3) is 0 Å². The monoisotopic (exact) mass is 145 g/mol. The molecule has 2 heterocycles. The van der Waals surface area contributed by atoms with E-state index in [1.807, 2.05) is 6.07 Å². The summed E-state index contributed by atoms with van der Waals surface area (Å²) in [5, 5.41) is 8.74. The third-order valence-corrected chi connectivity index (χ3v) is 1.46. The quantitative estimate of drug-likeness (QED) is 0.465. The molecule has 2 rings (SSSR count). The smallest absolute Gasteiger partial charge is 0.242 e. The second-order valence-electron chi connectivity index (χ2n) is 2.10. The summed E-state index contributed by atoms with van der Waals surface area (Å²) in [6.45, 7) is 0. The zero-order valence-corrected chi connectivity index (χ0v) is 5.47. The van der Waals surface area contributed by atoms with Crippen LogP contribution in [0, 0.1) is 11.3 Å². The normalized spacial score (nSPS) is 31.4. The van der Waals surface area contributed by atoms with E-state index in [9.17, 15) is 0 Å². The van der Waals surface area contributed by atoms with Crippen molar-refractivity contribution in [2.75, 3.05) is 0 Å². The number of amidine groups is 1. The number of rotatable bonds is 0. The maximum atomic E-state index is 8.74. The topological polar surface area (TPSA) is 73.2 Å². The lowest BCUT2D eigenvalue weighted by molar-refractivity contribution is 0.973. The van der Waals surface area contributed by atoms with Crippen molar-refractivity contribution in [3.8, 4) is 6.07 Å². The van der Waals surface area contributed by atoms with E-state index in [4.69, 9.17) is 5.26 Å². The minimum atomic E-state index is -1.03. The molecule has 0 aliphatic carbocycles. The lowest BCUT2D eigenvalue weighted by Crippen LogP contribution is -2.35. The van der Waals surface area contributed by atoms with Gasteiger partial charge in [0.2, 0.25) is 5.54 Å². The molecule has 1 atom stereocenters. The molecule has 0 saturated heterocycles. The number of hydrogen-bond donors (Lipinski definition) is 0.